The van der Waals surface area contributed by atoms with Crippen LogP contribution in [0.15, 0.2) is 24.3 Å². The monoisotopic (exact) mass is 233 g/mol. The number of phenols is 1. The first-order valence-electron chi connectivity index (χ1n) is 6.75. The molecule has 0 spiro atoms. The van der Waals surface area contributed by atoms with Crippen LogP contribution >= 0.6 is 0 Å². The maximum atomic E-state index is 9.21. The van der Waals surface area contributed by atoms with Crippen LogP contribution in [-0.4, -0.2) is 17.7 Å². The number of nitrogens with one attached hydrogen (secondary N) is 1. The van der Waals surface area contributed by atoms with E-state index in [9.17, 15) is 5.11 Å². The molecule has 1 aliphatic carbocycles. The largest absolute Gasteiger partial charge is 0.508 e. The van der Waals surface area contributed by atoms with Crippen LogP contribution in [-0.2, 0) is 6.42 Å². The van der Waals surface area contributed by atoms with Gasteiger partial charge in [-0.15, -0.1) is 0 Å². The Hall–Kier alpha value is -1.02. The number of hydrogen-bond donors (Lipinski definition) is 2. The molecule has 1 aliphatic rings. The lowest BCUT2D eigenvalue weighted by Crippen LogP contribution is -2.30. The summed E-state index contributed by atoms with van der Waals surface area (Å²) in [4.78, 5) is 0. The number of aromatic hydroxyl groups is 1. The average molecular weight is 233 g/mol. The molecule has 2 heteroatoms. The van der Waals surface area contributed by atoms with Gasteiger partial charge >= 0.3 is 0 Å². The molecule has 0 radical (unpaired) electrons. The molecule has 2 nitrogen and oxygen atoms in total. The first kappa shape index (κ1) is 12.4. The summed E-state index contributed by atoms with van der Waals surface area (Å²) in [5.41, 5.74) is 1.28. The second kappa shape index (κ2) is 6.06. The van der Waals surface area contributed by atoms with Crippen molar-refractivity contribution in [3.8, 4) is 5.75 Å². The lowest BCUT2D eigenvalue weighted by Gasteiger charge is -2.26. The molecule has 1 aromatic rings. The quantitative estimate of drug-likeness (QED) is 0.791. The first-order chi connectivity index (χ1) is 8.24. The van der Waals surface area contributed by atoms with Gasteiger partial charge in [-0.2, -0.15) is 0 Å². The van der Waals surface area contributed by atoms with Gasteiger partial charge in [-0.25, -0.2) is 0 Å². The summed E-state index contributed by atoms with van der Waals surface area (Å²) in [5.74, 6) is 1.34. The molecule has 1 atom stereocenters. The van der Waals surface area contributed by atoms with E-state index >= 15 is 0 Å². The zero-order valence-electron chi connectivity index (χ0n) is 10.7. The van der Waals surface area contributed by atoms with Crippen molar-refractivity contribution in [2.45, 2.75) is 45.1 Å². The fourth-order valence-corrected chi connectivity index (χ4v) is 2.37. The Balaban J connectivity index is 1.65. The number of phenolic OH excluding ortho intramolecular Hbond substituents is 1. The maximum absolute atomic E-state index is 9.21. The summed E-state index contributed by atoms with van der Waals surface area (Å²) in [6.45, 7) is 3.37. The highest BCUT2D eigenvalue weighted by Crippen LogP contribution is 2.28. The Labute approximate surface area is 104 Å². The van der Waals surface area contributed by atoms with Crippen LogP contribution in [0.2, 0.25) is 0 Å². The van der Waals surface area contributed by atoms with Gasteiger partial charge in [-0.3, -0.25) is 0 Å². The summed E-state index contributed by atoms with van der Waals surface area (Å²) < 4.78 is 0. The van der Waals surface area contributed by atoms with Crippen molar-refractivity contribution < 1.29 is 5.11 Å². The normalized spacial score (nSPS) is 17.7. The molecule has 0 bridgehead atoms. The van der Waals surface area contributed by atoms with E-state index in [0.717, 1.165) is 18.9 Å². The molecule has 1 unspecified atom stereocenters. The average Bonchev–Trinajstić information content (AvgIpc) is 2.25. The van der Waals surface area contributed by atoms with E-state index in [4.69, 9.17) is 0 Å². The lowest BCUT2D eigenvalue weighted by molar-refractivity contribution is 0.288. The summed E-state index contributed by atoms with van der Waals surface area (Å²) in [6, 6.07) is 8.03. The van der Waals surface area contributed by atoms with E-state index in [0.29, 0.717) is 11.8 Å². The molecule has 1 saturated carbocycles. The summed E-state index contributed by atoms with van der Waals surface area (Å²) in [7, 11) is 0. The number of rotatable bonds is 6. The molecule has 0 amide bonds. The van der Waals surface area contributed by atoms with Crippen molar-refractivity contribution in [1.29, 1.82) is 0 Å². The van der Waals surface area contributed by atoms with Gasteiger partial charge in [0.05, 0.1) is 0 Å². The third-order valence-corrected chi connectivity index (χ3v) is 3.75. The van der Waals surface area contributed by atoms with Crippen LogP contribution in [0.5, 0.6) is 5.75 Å². The highest BCUT2D eigenvalue weighted by atomic mass is 16.3. The van der Waals surface area contributed by atoms with Crippen LogP contribution < -0.4 is 5.32 Å². The minimum Gasteiger partial charge on any atom is -0.508 e. The van der Waals surface area contributed by atoms with Gasteiger partial charge in [0.25, 0.3) is 0 Å². The highest BCUT2D eigenvalue weighted by Gasteiger charge is 2.16. The molecule has 2 N–H and O–H groups in total. The second-order valence-corrected chi connectivity index (χ2v) is 5.31. The van der Waals surface area contributed by atoms with Crippen LogP contribution in [0.1, 0.15) is 38.2 Å². The van der Waals surface area contributed by atoms with Gasteiger partial charge < -0.3 is 10.4 Å². The first-order valence-corrected chi connectivity index (χ1v) is 6.75. The maximum Gasteiger partial charge on any atom is 0.115 e. The van der Waals surface area contributed by atoms with Gasteiger partial charge in [0.15, 0.2) is 0 Å². The van der Waals surface area contributed by atoms with Gasteiger partial charge in [0.1, 0.15) is 5.75 Å². The number of benzene rings is 1. The highest BCUT2D eigenvalue weighted by molar-refractivity contribution is 5.26. The molecule has 0 saturated heterocycles. The fourth-order valence-electron chi connectivity index (χ4n) is 2.37. The van der Waals surface area contributed by atoms with Crippen LogP contribution in [0.4, 0.5) is 0 Å². The predicted molar refractivity (Wildman–Crippen MR) is 71.2 cm³/mol. The lowest BCUT2D eigenvalue weighted by atomic mass is 9.83. The van der Waals surface area contributed by atoms with Crippen molar-refractivity contribution in [2.24, 2.45) is 5.92 Å². The molecule has 1 fully saturated rings. The summed E-state index contributed by atoms with van der Waals surface area (Å²) >= 11 is 0. The summed E-state index contributed by atoms with van der Waals surface area (Å²) in [5, 5.41) is 12.8. The van der Waals surface area contributed by atoms with E-state index in [1.807, 2.05) is 12.1 Å². The molecule has 2 rings (SSSR count). The number of hydrogen-bond acceptors (Lipinski definition) is 2. The molecular weight excluding hydrogens is 210 g/mol. The molecule has 0 heterocycles. The Morgan fingerprint density at radius 1 is 1.29 bits per heavy atom. The van der Waals surface area contributed by atoms with Crippen molar-refractivity contribution in [3.05, 3.63) is 29.8 Å². The smallest absolute Gasteiger partial charge is 0.115 e. The van der Waals surface area contributed by atoms with Crippen LogP contribution in [0.25, 0.3) is 0 Å². The zero-order chi connectivity index (χ0) is 12.1. The van der Waals surface area contributed by atoms with Gasteiger partial charge in [-0.05, 0) is 49.9 Å². The third-order valence-electron chi connectivity index (χ3n) is 3.75. The minimum atomic E-state index is 0.347. The van der Waals surface area contributed by atoms with E-state index in [1.165, 1.54) is 31.2 Å². The van der Waals surface area contributed by atoms with E-state index in [-0.39, 0.29) is 0 Å². The predicted octanol–water partition coefficient (Wildman–Crippen LogP) is 3.10. The Kier molecular flexibility index (Phi) is 4.43. The molecule has 94 valence electrons. The van der Waals surface area contributed by atoms with E-state index < -0.39 is 0 Å². The molecule has 0 aromatic heterocycles. The standard InChI is InChI=1S/C15H23NO/c1-12(16-10-9-13-3-2-4-13)11-14-5-7-15(17)8-6-14/h5-8,12-13,16-17H,2-4,9-11H2,1H3. The Morgan fingerprint density at radius 3 is 2.59 bits per heavy atom. The molecular formula is C15H23NO. The Bertz CT molecular complexity index is 329. The molecule has 17 heavy (non-hydrogen) atoms. The van der Waals surface area contributed by atoms with Gasteiger partial charge in [-0.1, -0.05) is 31.4 Å². The van der Waals surface area contributed by atoms with Gasteiger partial charge in [0.2, 0.25) is 0 Å². The van der Waals surface area contributed by atoms with Crippen LogP contribution in [0.3, 0.4) is 0 Å². The van der Waals surface area contributed by atoms with E-state index in [1.54, 1.807) is 12.1 Å². The molecule has 1 aromatic carbocycles. The summed E-state index contributed by atoms with van der Waals surface area (Å²) in [6.07, 6.45) is 6.68. The Morgan fingerprint density at radius 2 is 2.00 bits per heavy atom. The minimum absolute atomic E-state index is 0.347. The fraction of sp³-hybridized carbons (Fsp3) is 0.600. The van der Waals surface area contributed by atoms with Crippen molar-refractivity contribution in [1.82, 2.24) is 5.32 Å². The second-order valence-electron chi connectivity index (χ2n) is 5.31. The van der Waals surface area contributed by atoms with Crippen molar-refractivity contribution in [2.75, 3.05) is 6.54 Å². The molecule has 0 aliphatic heterocycles. The van der Waals surface area contributed by atoms with E-state index in [2.05, 4.69) is 12.2 Å². The third kappa shape index (κ3) is 4.04. The van der Waals surface area contributed by atoms with Gasteiger partial charge in [0, 0.05) is 6.04 Å². The van der Waals surface area contributed by atoms with Crippen LogP contribution in [0, 0.1) is 5.92 Å². The van der Waals surface area contributed by atoms with Crippen molar-refractivity contribution in [3.63, 3.8) is 0 Å². The van der Waals surface area contributed by atoms with Crippen molar-refractivity contribution >= 4 is 0 Å². The SMILES string of the molecule is CC(Cc1ccc(O)cc1)NCCC1CCC1. The zero-order valence-corrected chi connectivity index (χ0v) is 10.7. The topological polar surface area (TPSA) is 32.3 Å².